The topological polar surface area (TPSA) is 25.8 Å². The third-order valence-corrected chi connectivity index (χ3v) is 3.16. The van der Waals surface area contributed by atoms with Gasteiger partial charge in [-0.25, -0.2) is 9.97 Å². The van der Waals surface area contributed by atoms with Crippen LogP contribution in [0.5, 0.6) is 0 Å². The van der Waals surface area contributed by atoms with Gasteiger partial charge >= 0.3 is 0 Å². The molecule has 17 heavy (non-hydrogen) atoms. The molecular weight excluding hydrogens is 279 g/mol. The molecule has 1 heterocycles. The van der Waals surface area contributed by atoms with E-state index in [1.807, 2.05) is 6.07 Å². The molecular formula is C12H5Cl3N2. The smallest absolute Gasteiger partial charge is 0.108 e. The normalized spacial score (nSPS) is 11.2. The van der Waals surface area contributed by atoms with Gasteiger partial charge in [-0.3, -0.25) is 0 Å². The van der Waals surface area contributed by atoms with E-state index in [2.05, 4.69) is 9.97 Å². The zero-order chi connectivity index (χ0) is 12.0. The van der Waals surface area contributed by atoms with E-state index in [-0.39, 0.29) is 0 Å². The van der Waals surface area contributed by atoms with Gasteiger partial charge in [0.1, 0.15) is 5.52 Å². The summed E-state index contributed by atoms with van der Waals surface area (Å²) < 4.78 is 0. The van der Waals surface area contributed by atoms with Gasteiger partial charge in [0.2, 0.25) is 0 Å². The average Bonchev–Trinajstić information content (AvgIpc) is 2.27. The Morgan fingerprint density at radius 1 is 0.706 bits per heavy atom. The van der Waals surface area contributed by atoms with Gasteiger partial charge in [0.25, 0.3) is 0 Å². The first kappa shape index (κ1) is 11.0. The summed E-state index contributed by atoms with van der Waals surface area (Å²) in [6, 6.07) is 8.74. The first-order valence-electron chi connectivity index (χ1n) is 4.85. The van der Waals surface area contributed by atoms with Gasteiger partial charge in [0, 0.05) is 10.0 Å². The van der Waals surface area contributed by atoms with Crippen molar-refractivity contribution in [2.75, 3.05) is 0 Å². The number of fused-ring (bicyclic) bond motifs is 2. The molecule has 1 aromatic heterocycles. The van der Waals surface area contributed by atoms with E-state index in [1.165, 1.54) is 0 Å². The van der Waals surface area contributed by atoms with Crippen molar-refractivity contribution in [3.05, 3.63) is 45.4 Å². The van der Waals surface area contributed by atoms with Crippen molar-refractivity contribution in [2.45, 2.75) is 0 Å². The van der Waals surface area contributed by atoms with Crippen LogP contribution in [0.4, 0.5) is 0 Å². The maximum atomic E-state index is 6.08. The molecule has 0 atom stereocenters. The first-order valence-corrected chi connectivity index (χ1v) is 5.99. The molecule has 0 saturated heterocycles. The van der Waals surface area contributed by atoms with Crippen LogP contribution in [-0.4, -0.2) is 9.97 Å². The highest BCUT2D eigenvalue weighted by molar-refractivity contribution is 6.38. The van der Waals surface area contributed by atoms with Crippen LogP contribution >= 0.6 is 34.8 Å². The van der Waals surface area contributed by atoms with Crippen molar-refractivity contribution in [3.8, 4) is 0 Å². The molecule has 5 heteroatoms. The molecule has 0 fully saturated rings. The van der Waals surface area contributed by atoms with Gasteiger partial charge in [-0.05, 0) is 30.3 Å². The Labute approximate surface area is 112 Å². The van der Waals surface area contributed by atoms with Crippen molar-refractivity contribution in [1.82, 2.24) is 9.97 Å². The summed E-state index contributed by atoms with van der Waals surface area (Å²) in [4.78, 5) is 8.89. The van der Waals surface area contributed by atoms with Gasteiger partial charge in [0.15, 0.2) is 0 Å². The lowest BCUT2D eigenvalue weighted by molar-refractivity contribution is 1.39. The molecule has 0 radical (unpaired) electrons. The molecule has 0 bridgehead atoms. The summed E-state index contributed by atoms with van der Waals surface area (Å²) in [5, 5.41) is 1.66. The molecule has 0 N–H and O–H groups in total. The average molecular weight is 284 g/mol. The SMILES string of the molecule is Clc1ccc2nc3cc(Cl)cc(Cl)c3nc2c1. The Bertz CT molecular complexity index is 740. The molecule has 0 aliphatic heterocycles. The number of aromatic nitrogens is 2. The molecule has 84 valence electrons. The number of halogens is 3. The molecule has 3 rings (SSSR count). The second kappa shape index (κ2) is 3.98. The lowest BCUT2D eigenvalue weighted by Gasteiger charge is -2.03. The summed E-state index contributed by atoms with van der Waals surface area (Å²) in [6.45, 7) is 0. The second-order valence-electron chi connectivity index (χ2n) is 3.61. The van der Waals surface area contributed by atoms with Crippen molar-refractivity contribution in [3.63, 3.8) is 0 Å². The maximum absolute atomic E-state index is 6.08. The molecule has 0 saturated carbocycles. The van der Waals surface area contributed by atoms with Crippen LogP contribution in [0.15, 0.2) is 30.3 Å². The standard InChI is InChI=1S/C12H5Cl3N2/c13-6-1-2-9-10(4-6)17-12-8(15)3-7(14)5-11(12)16-9/h1-5H. The van der Waals surface area contributed by atoms with Crippen LogP contribution in [0.1, 0.15) is 0 Å². The fourth-order valence-corrected chi connectivity index (χ4v) is 2.37. The largest absolute Gasteiger partial charge is 0.244 e. The minimum atomic E-state index is 0.488. The number of hydrogen-bond acceptors (Lipinski definition) is 2. The van der Waals surface area contributed by atoms with Crippen LogP contribution in [0.25, 0.3) is 22.1 Å². The number of hydrogen-bond donors (Lipinski definition) is 0. The third-order valence-electron chi connectivity index (χ3n) is 2.42. The summed E-state index contributed by atoms with van der Waals surface area (Å²) >= 11 is 17.9. The molecule has 0 aliphatic carbocycles. The fraction of sp³-hybridized carbons (Fsp3) is 0. The lowest BCUT2D eigenvalue weighted by Crippen LogP contribution is -1.88. The summed E-state index contributed by atoms with van der Waals surface area (Å²) in [7, 11) is 0. The van der Waals surface area contributed by atoms with Gasteiger partial charge < -0.3 is 0 Å². The minimum absolute atomic E-state index is 0.488. The Kier molecular flexibility index (Phi) is 2.58. The predicted molar refractivity (Wildman–Crippen MR) is 72.1 cm³/mol. The zero-order valence-electron chi connectivity index (χ0n) is 8.42. The number of benzene rings is 2. The van der Waals surface area contributed by atoms with E-state index < -0.39 is 0 Å². The van der Waals surface area contributed by atoms with Gasteiger partial charge in [-0.2, -0.15) is 0 Å². The highest BCUT2D eigenvalue weighted by Crippen LogP contribution is 2.27. The zero-order valence-corrected chi connectivity index (χ0v) is 10.7. The Morgan fingerprint density at radius 2 is 1.47 bits per heavy atom. The summed E-state index contributed by atoms with van der Waals surface area (Å²) in [6.07, 6.45) is 0. The van der Waals surface area contributed by atoms with Crippen LogP contribution < -0.4 is 0 Å². The lowest BCUT2D eigenvalue weighted by atomic mass is 10.2. The highest BCUT2D eigenvalue weighted by Gasteiger charge is 2.07. The molecule has 0 spiro atoms. The van der Waals surface area contributed by atoms with E-state index in [0.717, 1.165) is 5.52 Å². The molecule has 3 aromatic rings. The third kappa shape index (κ3) is 1.93. The molecule has 0 aliphatic rings. The molecule has 0 amide bonds. The predicted octanol–water partition coefficient (Wildman–Crippen LogP) is 4.74. The molecule has 0 unspecified atom stereocenters. The Hall–Kier alpha value is -1.09. The van der Waals surface area contributed by atoms with Crippen molar-refractivity contribution in [2.24, 2.45) is 0 Å². The Morgan fingerprint density at radius 3 is 2.29 bits per heavy atom. The van der Waals surface area contributed by atoms with Crippen LogP contribution in [0.3, 0.4) is 0 Å². The number of rotatable bonds is 0. The maximum Gasteiger partial charge on any atom is 0.108 e. The quantitative estimate of drug-likeness (QED) is 0.557. The van der Waals surface area contributed by atoms with Gasteiger partial charge in [-0.1, -0.05) is 34.8 Å². The van der Waals surface area contributed by atoms with Crippen LogP contribution in [0, 0.1) is 0 Å². The van der Waals surface area contributed by atoms with E-state index >= 15 is 0 Å². The van der Waals surface area contributed by atoms with Gasteiger partial charge in [0.05, 0.1) is 21.6 Å². The highest BCUT2D eigenvalue weighted by atomic mass is 35.5. The fourth-order valence-electron chi connectivity index (χ4n) is 1.68. The molecule has 2 aromatic carbocycles. The van der Waals surface area contributed by atoms with Crippen molar-refractivity contribution >= 4 is 56.9 Å². The Balaban J connectivity index is 2.48. The van der Waals surface area contributed by atoms with Crippen LogP contribution in [-0.2, 0) is 0 Å². The first-order chi connectivity index (χ1) is 8.13. The number of nitrogens with zero attached hydrogens (tertiary/aromatic N) is 2. The van der Waals surface area contributed by atoms with E-state index in [4.69, 9.17) is 34.8 Å². The van der Waals surface area contributed by atoms with Crippen LogP contribution in [0.2, 0.25) is 15.1 Å². The summed E-state index contributed by atoms with van der Waals surface area (Å²) in [5.41, 5.74) is 2.79. The monoisotopic (exact) mass is 282 g/mol. The minimum Gasteiger partial charge on any atom is -0.244 e. The van der Waals surface area contributed by atoms with Gasteiger partial charge in [-0.15, -0.1) is 0 Å². The van der Waals surface area contributed by atoms with E-state index in [0.29, 0.717) is 31.6 Å². The molecule has 2 nitrogen and oxygen atoms in total. The van der Waals surface area contributed by atoms with E-state index in [1.54, 1.807) is 24.3 Å². The van der Waals surface area contributed by atoms with Crippen molar-refractivity contribution < 1.29 is 0 Å². The second-order valence-corrected chi connectivity index (χ2v) is 4.89. The van der Waals surface area contributed by atoms with E-state index in [9.17, 15) is 0 Å². The van der Waals surface area contributed by atoms with Crippen molar-refractivity contribution in [1.29, 1.82) is 0 Å². The summed E-state index contributed by atoms with van der Waals surface area (Å²) in [5.74, 6) is 0.